The van der Waals surface area contributed by atoms with Gasteiger partial charge in [0.15, 0.2) is 0 Å². The number of carbonyl (C=O) groups excluding carboxylic acids is 2. The maximum absolute atomic E-state index is 13.4. The molecule has 1 saturated heterocycles. The van der Waals surface area contributed by atoms with Gasteiger partial charge in [0.1, 0.15) is 5.00 Å². The van der Waals surface area contributed by atoms with Crippen molar-refractivity contribution in [2.75, 3.05) is 18.4 Å². The Kier molecular flexibility index (Phi) is 5.54. The van der Waals surface area contributed by atoms with Crippen LogP contribution in [0.15, 0.2) is 30.3 Å². The fourth-order valence-corrected chi connectivity index (χ4v) is 5.60. The highest BCUT2D eigenvalue weighted by molar-refractivity contribution is 7.17. The quantitative estimate of drug-likeness (QED) is 0.794. The summed E-state index contributed by atoms with van der Waals surface area (Å²) < 4.78 is 0. The van der Waals surface area contributed by atoms with Crippen LogP contribution in [0.2, 0.25) is 0 Å². The molecule has 1 aliphatic carbocycles. The molecule has 1 fully saturated rings. The topological polar surface area (TPSA) is 49.4 Å². The van der Waals surface area contributed by atoms with Crippen LogP contribution in [0.5, 0.6) is 0 Å². The number of rotatable bonds is 3. The van der Waals surface area contributed by atoms with Crippen molar-refractivity contribution in [3.8, 4) is 0 Å². The zero-order valence-corrected chi connectivity index (χ0v) is 17.5. The first-order valence-corrected chi connectivity index (χ1v) is 11.1. The molecule has 0 saturated carbocycles. The molecule has 4 rings (SSSR count). The summed E-state index contributed by atoms with van der Waals surface area (Å²) in [5, 5.41) is 3.79. The van der Waals surface area contributed by atoms with E-state index in [1.54, 1.807) is 23.5 Å². The molecule has 2 heterocycles. The van der Waals surface area contributed by atoms with Gasteiger partial charge in [-0.05, 0) is 61.6 Å². The number of fused-ring (bicyclic) bond motifs is 1. The lowest BCUT2D eigenvalue weighted by molar-refractivity contribution is 0.0697. The molecule has 1 unspecified atom stereocenters. The number of carbonyl (C=O) groups is 2. The van der Waals surface area contributed by atoms with Gasteiger partial charge in [-0.2, -0.15) is 0 Å². The minimum Gasteiger partial charge on any atom is -0.339 e. The number of nitrogens with zero attached hydrogens (tertiary/aromatic N) is 1. The van der Waals surface area contributed by atoms with Gasteiger partial charge in [-0.3, -0.25) is 9.59 Å². The van der Waals surface area contributed by atoms with Crippen LogP contribution >= 0.6 is 11.3 Å². The molecule has 2 amide bonds. The molecule has 1 aromatic heterocycles. The van der Waals surface area contributed by atoms with Crippen molar-refractivity contribution in [1.82, 2.24) is 4.90 Å². The second-order valence-electron chi connectivity index (χ2n) is 8.35. The summed E-state index contributed by atoms with van der Waals surface area (Å²) >= 11 is 1.60. The molecular weight excluding hydrogens is 368 g/mol. The summed E-state index contributed by atoms with van der Waals surface area (Å²) in [5.41, 5.74) is 2.55. The number of benzene rings is 1. The molecule has 1 N–H and O–H groups in total. The lowest BCUT2D eigenvalue weighted by atomic mass is 9.88. The Balaban J connectivity index is 1.65. The maximum atomic E-state index is 13.4. The van der Waals surface area contributed by atoms with Crippen molar-refractivity contribution in [2.24, 2.45) is 11.8 Å². The van der Waals surface area contributed by atoms with Gasteiger partial charge >= 0.3 is 0 Å². The Hall–Kier alpha value is -2.14. The molecule has 0 radical (unpaired) electrons. The van der Waals surface area contributed by atoms with Crippen LogP contribution < -0.4 is 5.32 Å². The molecule has 1 aliphatic heterocycles. The maximum Gasteiger partial charge on any atom is 0.257 e. The number of anilines is 1. The van der Waals surface area contributed by atoms with Crippen LogP contribution in [0.1, 0.15) is 64.3 Å². The van der Waals surface area contributed by atoms with Gasteiger partial charge in [-0.1, -0.05) is 32.0 Å². The van der Waals surface area contributed by atoms with Crippen LogP contribution in [0.4, 0.5) is 5.00 Å². The van der Waals surface area contributed by atoms with E-state index in [0.29, 0.717) is 17.4 Å². The van der Waals surface area contributed by atoms with Crippen molar-refractivity contribution in [2.45, 2.75) is 46.0 Å². The minimum absolute atomic E-state index is 0.0994. The Morgan fingerprint density at radius 1 is 1.04 bits per heavy atom. The predicted octanol–water partition coefficient (Wildman–Crippen LogP) is 5.00. The van der Waals surface area contributed by atoms with E-state index in [2.05, 4.69) is 19.2 Å². The number of hydrogen-bond donors (Lipinski definition) is 1. The van der Waals surface area contributed by atoms with E-state index in [-0.39, 0.29) is 11.8 Å². The Bertz CT molecular complexity index is 866. The molecule has 4 nitrogen and oxygen atoms in total. The first-order valence-electron chi connectivity index (χ1n) is 10.3. The average Bonchev–Trinajstić information content (AvgIpc) is 3.05. The number of nitrogens with one attached hydrogen (secondary N) is 1. The number of thiophene rings is 1. The molecule has 28 heavy (non-hydrogen) atoms. The summed E-state index contributed by atoms with van der Waals surface area (Å²) in [5.74, 6) is 1.26. The monoisotopic (exact) mass is 396 g/mol. The minimum atomic E-state index is -0.145. The molecule has 0 bridgehead atoms. The Labute approximate surface area is 170 Å². The second-order valence-corrected chi connectivity index (χ2v) is 9.46. The normalized spacial score (nSPS) is 19.9. The molecule has 5 heteroatoms. The van der Waals surface area contributed by atoms with E-state index in [0.717, 1.165) is 55.8 Å². The van der Waals surface area contributed by atoms with Crippen LogP contribution in [-0.2, 0) is 12.8 Å². The zero-order valence-electron chi connectivity index (χ0n) is 16.7. The van der Waals surface area contributed by atoms with Crippen LogP contribution in [-0.4, -0.2) is 29.8 Å². The average molecular weight is 397 g/mol. The van der Waals surface area contributed by atoms with Gasteiger partial charge in [-0.15, -0.1) is 11.3 Å². The van der Waals surface area contributed by atoms with Gasteiger partial charge in [0.05, 0.1) is 5.56 Å². The van der Waals surface area contributed by atoms with E-state index < -0.39 is 0 Å². The van der Waals surface area contributed by atoms with E-state index in [9.17, 15) is 9.59 Å². The largest absolute Gasteiger partial charge is 0.339 e. The third-order valence-electron chi connectivity index (χ3n) is 6.06. The number of amides is 2. The Morgan fingerprint density at radius 3 is 2.46 bits per heavy atom. The van der Waals surface area contributed by atoms with E-state index in [1.165, 1.54) is 10.4 Å². The second kappa shape index (κ2) is 8.08. The van der Waals surface area contributed by atoms with Gasteiger partial charge in [0.2, 0.25) is 0 Å². The SMILES string of the molecule is CC1CCN(C(=O)c2c(NC(=O)c3ccccc3)sc3c2CCC(C)C3)CC1. The molecular formula is C23H28N2O2S. The number of piperidine rings is 1. The highest BCUT2D eigenvalue weighted by Gasteiger charge is 2.32. The van der Waals surface area contributed by atoms with Gasteiger partial charge in [0, 0.05) is 23.5 Å². The van der Waals surface area contributed by atoms with Crippen molar-refractivity contribution in [3.05, 3.63) is 51.9 Å². The highest BCUT2D eigenvalue weighted by Crippen LogP contribution is 2.40. The summed E-state index contributed by atoms with van der Waals surface area (Å²) in [6, 6.07) is 9.22. The van der Waals surface area contributed by atoms with Gasteiger partial charge in [-0.25, -0.2) is 0 Å². The third kappa shape index (κ3) is 3.86. The lowest BCUT2D eigenvalue weighted by Gasteiger charge is -2.31. The zero-order chi connectivity index (χ0) is 19.7. The number of hydrogen-bond acceptors (Lipinski definition) is 3. The van der Waals surface area contributed by atoms with E-state index in [1.807, 2.05) is 23.1 Å². The summed E-state index contributed by atoms with van der Waals surface area (Å²) in [7, 11) is 0. The van der Waals surface area contributed by atoms with Crippen molar-refractivity contribution >= 4 is 28.2 Å². The first-order chi connectivity index (χ1) is 13.5. The lowest BCUT2D eigenvalue weighted by Crippen LogP contribution is -2.38. The van der Waals surface area contributed by atoms with E-state index in [4.69, 9.17) is 0 Å². The van der Waals surface area contributed by atoms with Crippen LogP contribution in [0, 0.1) is 11.8 Å². The molecule has 0 spiro atoms. The smallest absolute Gasteiger partial charge is 0.257 e. The molecule has 2 aromatic rings. The van der Waals surface area contributed by atoms with Crippen LogP contribution in [0.3, 0.4) is 0 Å². The molecule has 1 atom stereocenters. The van der Waals surface area contributed by atoms with E-state index >= 15 is 0 Å². The predicted molar refractivity (Wildman–Crippen MR) is 114 cm³/mol. The van der Waals surface area contributed by atoms with Gasteiger partial charge < -0.3 is 10.2 Å². The fraction of sp³-hybridized carbons (Fsp3) is 0.478. The Morgan fingerprint density at radius 2 is 1.75 bits per heavy atom. The number of likely N-dealkylation sites (tertiary alicyclic amines) is 1. The molecule has 1 aromatic carbocycles. The summed E-state index contributed by atoms with van der Waals surface area (Å²) in [6.45, 7) is 6.14. The third-order valence-corrected chi connectivity index (χ3v) is 7.23. The summed E-state index contributed by atoms with van der Waals surface area (Å²) in [6.07, 6.45) is 5.15. The summed E-state index contributed by atoms with van der Waals surface area (Å²) in [4.78, 5) is 29.5. The van der Waals surface area contributed by atoms with Crippen molar-refractivity contribution in [1.29, 1.82) is 0 Å². The van der Waals surface area contributed by atoms with Crippen LogP contribution in [0.25, 0.3) is 0 Å². The fourth-order valence-electron chi connectivity index (χ4n) is 4.20. The van der Waals surface area contributed by atoms with Gasteiger partial charge in [0.25, 0.3) is 11.8 Å². The molecule has 2 aliphatic rings. The van der Waals surface area contributed by atoms with Crippen molar-refractivity contribution in [3.63, 3.8) is 0 Å². The van der Waals surface area contributed by atoms with Crippen molar-refractivity contribution < 1.29 is 9.59 Å². The first kappa shape index (κ1) is 19.2. The standard InChI is InChI=1S/C23H28N2O2S/c1-15-10-12-25(13-11-15)23(27)20-18-9-8-16(2)14-19(18)28-22(20)24-21(26)17-6-4-3-5-7-17/h3-7,15-16H,8-14H2,1-2H3,(H,24,26). The molecule has 148 valence electrons. The highest BCUT2D eigenvalue weighted by atomic mass is 32.1.